The van der Waals surface area contributed by atoms with Crippen LogP contribution < -0.4 is 4.74 Å². The van der Waals surface area contributed by atoms with Gasteiger partial charge in [0.15, 0.2) is 0 Å². The zero-order valence-electron chi connectivity index (χ0n) is 17.6. The molecule has 8 nitrogen and oxygen atoms in total. The van der Waals surface area contributed by atoms with Crippen molar-refractivity contribution >= 4 is 21.6 Å². The average Bonchev–Trinajstić information content (AvgIpc) is 3.48. The van der Waals surface area contributed by atoms with E-state index in [1.807, 2.05) is 24.3 Å². The predicted octanol–water partition coefficient (Wildman–Crippen LogP) is 4.24. The molecule has 4 heterocycles. The fourth-order valence-corrected chi connectivity index (χ4v) is 5.64. The lowest BCUT2D eigenvalue weighted by Gasteiger charge is -2.25. The van der Waals surface area contributed by atoms with Crippen molar-refractivity contribution < 1.29 is 13.9 Å². The topological polar surface area (TPSA) is 86.4 Å². The number of aryl methyl sites for hydroxylation is 2. The molecule has 0 atom stereocenters. The van der Waals surface area contributed by atoms with Crippen molar-refractivity contribution in [3.05, 3.63) is 46.9 Å². The maximum atomic E-state index is 6.41. The lowest BCUT2D eigenvalue weighted by atomic mass is 9.97. The lowest BCUT2D eigenvalue weighted by Crippen LogP contribution is -2.36. The van der Waals surface area contributed by atoms with Crippen LogP contribution in [-0.4, -0.2) is 51.4 Å². The smallest absolute Gasteiger partial charge is 0.247 e. The minimum atomic E-state index is 0.462. The Labute approximate surface area is 189 Å². The van der Waals surface area contributed by atoms with E-state index >= 15 is 0 Å². The third-order valence-corrected chi connectivity index (χ3v) is 7.14. The number of ether oxygens (including phenoxy) is 2. The second kappa shape index (κ2) is 8.57. The molecule has 164 valence electrons. The number of fused-ring (bicyclic) bond motifs is 3. The van der Waals surface area contributed by atoms with E-state index < -0.39 is 0 Å². The molecule has 1 aliphatic heterocycles. The van der Waals surface area contributed by atoms with E-state index in [1.165, 1.54) is 29.7 Å². The maximum absolute atomic E-state index is 6.41. The lowest BCUT2D eigenvalue weighted by molar-refractivity contribution is 0.0330. The summed E-state index contributed by atoms with van der Waals surface area (Å²) in [5.74, 6) is 2.58. The Morgan fingerprint density at radius 3 is 2.88 bits per heavy atom. The van der Waals surface area contributed by atoms with Crippen molar-refractivity contribution in [2.24, 2.45) is 0 Å². The van der Waals surface area contributed by atoms with Gasteiger partial charge in [-0.1, -0.05) is 6.07 Å². The first-order valence-corrected chi connectivity index (χ1v) is 11.8. The van der Waals surface area contributed by atoms with E-state index in [-0.39, 0.29) is 0 Å². The van der Waals surface area contributed by atoms with Gasteiger partial charge in [0.2, 0.25) is 18.2 Å². The highest BCUT2D eigenvalue weighted by molar-refractivity contribution is 7.18. The van der Waals surface area contributed by atoms with Crippen LogP contribution in [0.3, 0.4) is 0 Å². The minimum Gasteiger partial charge on any atom is -0.438 e. The number of hydrogen-bond acceptors (Lipinski definition) is 9. The SMILES string of the molecule is c1cc(Oc2nc(CN3CCOCC3)nc3sc4c(c23)CCCC4)cc(-c2nnco2)c1. The van der Waals surface area contributed by atoms with Gasteiger partial charge in [0.05, 0.1) is 25.1 Å². The van der Waals surface area contributed by atoms with Crippen LogP contribution in [0.1, 0.15) is 29.1 Å². The summed E-state index contributed by atoms with van der Waals surface area (Å²) in [7, 11) is 0. The summed E-state index contributed by atoms with van der Waals surface area (Å²) >= 11 is 1.79. The molecule has 4 aromatic rings. The zero-order valence-corrected chi connectivity index (χ0v) is 18.4. The van der Waals surface area contributed by atoms with Crippen molar-refractivity contribution in [1.29, 1.82) is 0 Å². The Morgan fingerprint density at radius 1 is 1.09 bits per heavy atom. The van der Waals surface area contributed by atoms with Crippen LogP contribution in [-0.2, 0) is 24.1 Å². The minimum absolute atomic E-state index is 0.462. The number of thiophene rings is 1. The molecule has 0 saturated carbocycles. The second-order valence-electron chi connectivity index (χ2n) is 8.10. The monoisotopic (exact) mass is 449 g/mol. The Balaban J connectivity index is 1.39. The predicted molar refractivity (Wildman–Crippen MR) is 120 cm³/mol. The van der Waals surface area contributed by atoms with E-state index in [0.717, 1.165) is 60.7 Å². The van der Waals surface area contributed by atoms with Gasteiger partial charge in [-0.25, -0.2) is 4.98 Å². The summed E-state index contributed by atoms with van der Waals surface area (Å²) in [5, 5.41) is 8.84. The van der Waals surface area contributed by atoms with E-state index in [0.29, 0.717) is 24.1 Å². The highest BCUT2D eigenvalue weighted by Gasteiger charge is 2.23. The standard InChI is InChI=1S/C23H23N5O3S/c1-2-7-18-17(6-1)20-22(31-16-5-3-4-15(12-16)21-27-24-14-30-21)25-19(26-23(20)32-18)13-28-8-10-29-11-9-28/h3-5,12,14H,1-2,6-11,13H2. The summed E-state index contributed by atoms with van der Waals surface area (Å²) in [4.78, 5) is 14.6. The van der Waals surface area contributed by atoms with Crippen molar-refractivity contribution in [3.63, 3.8) is 0 Å². The van der Waals surface area contributed by atoms with Crippen molar-refractivity contribution in [1.82, 2.24) is 25.1 Å². The van der Waals surface area contributed by atoms with Crippen LogP contribution in [0.4, 0.5) is 0 Å². The van der Waals surface area contributed by atoms with E-state index in [4.69, 9.17) is 23.9 Å². The van der Waals surface area contributed by atoms with Gasteiger partial charge in [-0.3, -0.25) is 4.90 Å². The molecule has 1 fully saturated rings. The number of benzene rings is 1. The molecule has 0 spiro atoms. The molecule has 0 amide bonds. The number of morpholine rings is 1. The summed E-state index contributed by atoms with van der Waals surface area (Å²) in [5.41, 5.74) is 2.17. The van der Waals surface area contributed by atoms with Crippen LogP contribution in [0.25, 0.3) is 21.7 Å². The van der Waals surface area contributed by atoms with Gasteiger partial charge in [0, 0.05) is 23.5 Å². The van der Waals surface area contributed by atoms with Gasteiger partial charge in [-0.2, -0.15) is 4.98 Å². The molecular formula is C23H23N5O3S. The van der Waals surface area contributed by atoms with Gasteiger partial charge >= 0.3 is 0 Å². The number of aromatic nitrogens is 4. The van der Waals surface area contributed by atoms with Gasteiger partial charge in [0.25, 0.3) is 0 Å². The number of hydrogen-bond donors (Lipinski definition) is 0. The molecule has 32 heavy (non-hydrogen) atoms. The molecule has 1 aliphatic carbocycles. The zero-order chi connectivity index (χ0) is 21.3. The highest BCUT2D eigenvalue weighted by Crippen LogP contribution is 2.41. The summed E-state index contributed by atoms with van der Waals surface area (Å²) in [6.45, 7) is 3.98. The van der Waals surface area contributed by atoms with E-state index in [9.17, 15) is 0 Å². The molecule has 1 saturated heterocycles. The molecule has 0 unspecified atom stereocenters. The number of nitrogens with zero attached hydrogens (tertiary/aromatic N) is 5. The van der Waals surface area contributed by atoms with E-state index in [2.05, 4.69) is 15.1 Å². The molecule has 0 N–H and O–H groups in total. The van der Waals surface area contributed by atoms with Crippen LogP contribution in [0, 0.1) is 0 Å². The average molecular weight is 450 g/mol. The molecule has 0 radical (unpaired) electrons. The van der Waals surface area contributed by atoms with Gasteiger partial charge in [-0.15, -0.1) is 21.5 Å². The molecule has 0 bridgehead atoms. The Morgan fingerprint density at radius 2 is 2.00 bits per heavy atom. The Kier molecular flexibility index (Phi) is 5.30. The molecule has 2 aliphatic rings. The Bertz CT molecular complexity index is 1230. The molecule has 9 heteroatoms. The van der Waals surface area contributed by atoms with Gasteiger partial charge < -0.3 is 13.9 Å². The molecule has 1 aromatic carbocycles. The normalized spacial score (nSPS) is 16.9. The number of rotatable bonds is 5. The summed E-state index contributed by atoms with van der Waals surface area (Å²) in [6, 6.07) is 7.67. The fraction of sp³-hybridized carbons (Fsp3) is 0.391. The quantitative estimate of drug-likeness (QED) is 0.447. The van der Waals surface area contributed by atoms with Gasteiger partial charge in [-0.05, 0) is 49.4 Å². The first kappa shape index (κ1) is 19.8. The summed E-state index contributed by atoms with van der Waals surface area (Å²) < 4.78 is 17.2. The van der Waals surface area contributed by atoms with Crippen molar-refractivity contribution in [3.8, 4) is 23.1 Å². The van der Waals surface area contributed by atoms with Crippen LogP contribution in [0.5, 0.6) is 11.6 Å². The van der Waals surface area contributed by atoms with Crippen LogP contribution in [0.15, 0.2) is 35.1 Å². The van der Waals surface area contributed by atoms with Gasteiger partial charge in [0.1, 0.15) is 16.4 Å². The Hall–Kier alpha value is -2.88. The molecule has 3 aromatic heterocycles. The highest BCUT2D eigenvalue weighted by atomic mass is 32.1. The van der Waals surface area contributed by atoms with Crippen molar-refractivity contribution in [2.45, 2.75) is 32.2 Å². The second-order valence-corrected chi connectivity index (χ2v) is 9.18. The first-order valence-electron chi connectivity index (χ1n) is 11.0. The van der Waals surface area contributed by atoms with Crippen LogP contribution >= 0.6 is 11.3 Å². The largest absolute Gasteiger partial charge is 0.438 e. The maximum Gasteiger partial charge on any atom is 0.247 e. The molecule has 6 rings (SSSR count). The molecular weight excluding hydrogens is 426 g/mol. The van der Waals surface area contributed by atoms with Crippen LogP contribution in [0.2, 0.25) is 0 Å². The van der Waals surface area contributed by atoms with Crippen molar-refractivity contribution in [2.75, 3.05) is 26.3 Å². The first-order chi connectivity index (χ1) is 15.8. The fourth-order valence-electron chi connectivity index (χ4n) is 4.37. The third kappa shape index (κ3) is 3.87. The summed E-state index contributed by atoms with van der Waals surface area (Å²) in [6.07, 6.45) is 5.92. The van der Waals surface area contributed by atoms with E-state index in [1.54, 1.807) is 11.3 Å². The third-order valence-electron chi connectivity index (χ3n) is 5.95.